The van der Waals surface area contributed by atoms with E-state index in [1.54, 1.807) is 78.7 Å². The van der Waals surface area contributed by atoms with Crippen molar-refractivity contribution in [1.29, 1.82) is 0 Å². The summed E-state index contributed by atoms with van der Waals surface area (Å²) >= 11 is 0. The highest BCUT2D eigenvalue weighted by molar-refractivity contribution is 5.91. The maximum absolute atomic E-state index is 13.9. The van der Waals surface area contributed by atoms with Crippen molar-refractivity contribution in [2.75, 3.05) is 34.9 Å². The molecule has 4 aliphatic rings. The molecular weight excluding hydrogens is 942 g/mol. The van der Waals surface area contributed by atoms with Crippen LogP contribution >= 0.6 is 0 Å². The molecule has 4 aliphatic heterocycles. The lowest BCUT2D eigenvalue weighted by Crippen LogP contribution is -2.65. The van der Waals surface area contributed by atoms with E-state index in [9.17, 15) is 39.2 Å². The van der Waals surface area contributed by atoms with E-state index in [2.05, 4.69) is 0 Å². The Hall–Kier alpha value is -3.12. The predicted octanol–water partition coefficient (Wildman–Crippen LogP) is 4.20. The van der Waals surface area contributed by atoms with Gasteiger partial charge in [0.15, 0.2) is 24.7 Å². The van der Waals surface area contributed by atoms with Gasteiger partial charge in [0.25, 0.3) is 0 Å². The Morgan fingerprint density at radius 3 is 2.12 bits per heavy atom. The number of cyclic esters (lactones) is 1. The average Bonchev–Trinajstić information content (AvgIpc) is 3.31. The molecule has 19 heteroatoms. The Labute approximate surface area is 424 Å². The van der Waals surface area contributed by atoms with Crippen molar-refractivity contribution >= 4 is 18.0 Å². The van der Waals surface area contributed by atoms with Crippen LogP contribution in [0.2, 0.25) is 0 Å². The number of hydrogen-bond acceptors (Lipinski definition) is 18. The first-order valence-electron chi connectivity index (χ1n) is 25.3. The minimum atomic E-state index is -1.41. The fraction of sp³-hybridized carbons (Fsp3) is 0.755. The predicted molar refractivity (Wildman–Crippen MR) is 259 cm³/mol. The number of nitrogens with zero attached hydrogens (tertiary/aromatic N) is 1. The van der Waals surface area contributed by atoms with E-state index < -0.39 is 140 Å². The average molecular weight is 1020 g/mol. The van der Waals surface area contributed by atoms with Crippen LogP contribution in [0.5, 0.6) is 0 Å². The fourth-order valence-corrected chi connectivity index (χ4v) is 10.6. The van der Waals surface area contributed by atoms with Crippen LogP contribution in [0.25, 0.3) is 0 Å². The molecule has 3 saturated heterocycles. The molecule has 4 heterocycles. The van der Waals surface area contributed by atoms with Crippen LogP contribution < -0.4 is 0 Å². The number of carbonyl (C=O) groups excluding carboxylic acids is 3. The second-order valence-corrected chi connectivity index (χ2v) is 20.7. The van der Waals surface area contributed by atoms with E-state index in [4.69, 9.17) is 47.4 Å². The standard InChI is InChI=1S/C53H82FNO17/c1-13-40-36(27-66-52-49(64-12)48(63-11)44(60)31(5)68-52)22-28(2)14-19-38(57)29(3)23-35(20-21-56)46(30(4)39(58)24-41(59)70-40)72-51-45(61)43(55(9)10)47(32(6)69-51)71-42-25-53(8,62)50(33(7)67-42)65-26-34-15-17-37(54)18-16-34/h14-19,21-22,29-33,35-36,39-40,42-52,58,60-62H,13,20,23-27H2,1-12H3/b19-14+,28-22+/t29-,30+,31-,32-,33+,35+,36-,39-,40-,42+,43-,44-,45-,46-,47-,48-,49-,50+,51+,52-,53-/m1/s1. The van der Waals surface area contributed by atoms with Gasteiger partial charge in [0.1, 0.15) is 54.8 Å². The highest BCUT2D eigenvalue weighted by atomic mass is 19.1. The summed E-state index contributed by atoms with van der Waals surface area (Å²) in [6.45, 7) is 14.0. The number of rotatable bonds is 16. The van der Waals surface area contributed by atoms with Gasteiger partial charge in [-0.2, -0.15) is 0 Å². The van der Waals surface area contributed by atoms with Crippen molar-refractivity contribution in [3.05, 3.63) is 59.4 Å². The molecule has 408 valence electrons. The normalized spacial score (nSPS) is 42.1. The SMILES string of the molecule is CC[C@H]1OC(=O)C[C@@H](O)[C@H](C)[C@@H](O[C@@H]2O[C@H](C)[C@@H](O[C@H]3C[C@@](C)(O)[C@@H](OCc4ccc(F)cc4)[C@H](C)O3)[C@H](N(C)C)[C@H]2O)[C@@H](CC=O)C[C@@H](C)C(=O)/C=C/C(C)=C/[C@@H]1CO[C@@H]1O[C@H](C)[C@@H](O)[C@@H](OC)[C@H]1OC. The van der Waals surface area contributed by atoms with Gasteiger partial charge in [0.05, 0.1) is 61.8 Å². The summed E-state index contributed by atoms with van der Waals surface area (Å²) in [6.07, 6.45) is -8.17. The minimum Gasteiger partial charge on any atom is -0.462 e. The van der Waals surface area contributed by atoms with Gasteiger partial charge < -0.3 is 77.5 Å². The van der Waals surface area contributed by atoms with Gasteiger partial charge in [-0.1, -0.05) is 50.6 Å². The second kappa shape index (κ2) is 27.1. The maximum Gasteiger partial charge on any atom is 0.308 e. The molecule has 0 amide bonds. The van der Waals surface area contributed by atoms with E-state index >= 15 is 0 Å². The lowest BCUT2D eigenvalue weighted by molar-refractivity contribution is -0.344. The van der Waals surface area contributed by atoms with Gasteiger partial charge in [0, 0.05) is 44.8 Å². The summed E-state index contributed by atoms with van der Waals surface area (Å²) in [4.78, 5) is 41.8. The quantitative estimate of drug-likeness (QED) is 0.134. The first-order valence-corrected chi connectivity index (χ1v) is 25.3. The van der Waals surface area contributed by atoms with Crippen LogP contribution in [-0.4, -0.2) is 182 Å². The summed E-state index contributed by atoms with van der Waals surface area (Å²) < 4.78 is 75.1. The number of aliphatic hydroxyl groups excluding tert-OH is 3. The molecule has 0 bridgehead atoms. The number of likely N-dealkylation sites (N-methyl/N-ethyl adjacent to an activating group) is 1. The Morgan fingerprint density at radius 2 is 1.51 bits per heavy atom. The highest BCUT2D eigenvalue weighted by Gasteiger charge is 2.52. The second-order valence-electron chi connectivity index (χ2n) is 20.7. The number of aldehydes is 1. The molecule has 0 unspecified atom stereocenters. The van der Waals surface area contributed by atoms with Crippen LogP contribution in [0.1, 0.15) is 93.1 Å². The molecule has 1 aromatic carbocycles. The van der Waals surface area contributed by atoms with Crippen LogP contribution in [-0.2, 0) is 68.4 Å². The summed E-state index contributed by atoms with van der Waals surface area (Å²) in [7, 11) is 6.45. The Morgan fingerprint density at radius 1 is 0.847 bits per heavy atom. The highest BCUT2D eigenvalue weighted by Crippen LogP contribution is 2.38. The van der Waals surface area contributed by atoms with Crippen molar-refractivity contribution < 1.29 is 86.6 Å². The van der Waals surface area contributed by atoms with Gasteiger partial charge >= 0.3 is 5.97 Å². The third kappa shape index (κ3) is 15.3. The molecule has 0 saturated carbocycles. The van der Waals surface area contributed by atoms with Crippen molar-refractivity contribution in [1.82, 2.24) is 4.90 Å². The lowest BCUT2D eigenvalue weighted by atomic mass is 9.79. The zero-order valence-electron chi connectivity index (χ0n) is 44.0. The largest absolute Gasteiger partial charge is 0.462 e. The van der Waals surface area contributed by atoms with Crippen molar-refractivity contribution in [2.45, 2.75) is 198 Å². The van der Waals surface area contributed by atoms with Gasteiger partial charge in [-0.05, 0) is 91.2 Å². The fourth-order valence-electron chi connectivity index (χ4n) is 10.6. The number of ether oxygens (including phenoxy) is 10. The van der Waals surface area contributed by atoms with Crippen molar-refractivity contribution in [3.63, 3.8) is 0 Å². The Balaban J connectivity index is 1.35. The summed E-state index contributed by atoms with van der Waals surface area (Å²) in [5.74, 6) is -4.03. The summed E-state index contributed by atoms with van der Waals surface area (Å²) in [5, 5.41) is 46.4. The molecule has 5 rings (SSSR count). The zero-order valence-corrected chi connectivity index (χ0v) is 44.0. The molecule has 0 aliphatic carbocycles. The summed E-state index contributed by atoms with van der Waals surface area (Å²) in [5.41, 5.74) is -0.00220. The minimum absolute atomic E-state index is 0.0120. The number of allylic oxidation sites excluding steroid dienone is 3. The molecular formula is C53H82FNO17. The lowest BCUT2D eigenvalue weighted by Gasteiger charge is -2.50. The molecule has 1 aromatic rings. The third-order valence-electron chi connectivity index (χ3n) is 14.7. The van der Waals surface area contributed by atoms with E-state index in [0.29, 0.717) is 12.0 Å². The Kier molecular flexibility index (Phi) is 22.5. The molecule has 18 nitrogen and oxygen atoms in total. The maximum atomic E-state index is 13.9. The monoisotopic (exact) mass is 1020 g/mol. The number of esters is 1. The van der Waals surface area contributed by atoms with Crippen LogP contribution in [0, 0.1) is 29.5 Å². The number of halogens is 1. The van der Waals surface area contributed by atoms with E-state index in [-0.39, 0.29) is 44.1 Å². The van der Waals surface area contributed by atoms with Gasteiger partial charge in [0.2, 0.25) is 0 Å². The molecule has 4 N–H and O–H groups in total. The van der Waals surface area contributed by atoms with Crippen LogP contribution in [0.15, 0.2) is 48.1 Å². The van der Waals surface area contributed by atoms with Crippen molar-refractivity contribution in [3.8, 4) is 0 Å². The number of ketones is 1. The van der Waals surface area contributed by atoms with Gasteiger partial charge in [-0.25, -0.2) is 4.39 Å². The Bertz CT molecular complexity index is 1940. The van der Waals surface area contributed by atoms with Gasteiger partial charge in [-0.3, -0.25) is 9.59 Å². The zero-order chi connectivity index (χ0) is 53.2. The van der Waals surface area contributed by atoms with Gasteiger partial charge in [-0.15, -0.1) is 0 Å². The molecule has 0 spiro atoms. The molecule has 3 fully saturated rings. The number of carbonyl (C=O) groups is 3. The van der Waals surface area contributed by atoms with Crippen molar-refractivity contribution in [2.24, 2.45) is 23.7 Å². The van der Waals surface area contributed by atoms with E-state index in [0.717, 1.165) is 11.8 Å². The smallest absolute Gasteiger partial charge is 0.308 e. The van der Waals surface area contributed by atoms with Crippen LogP contribution in [0.3, 0.4) is 0 Å². The number of aliphatic hydroxyl groups is 4. The molecule has 21 atom stereocenters. The topological polar surface area (TPSA) is 228 Å². The first-order chi connectivity index (χ1) is 34.0. The molecule has 0 radical (unpaired) electrons. The number of hydrogen-bond donors (Lipinski definition) is 4. The van der Waals surface area contributed by atoms with E-state index in [1.807, 2.05) is 19.9 Å². The number of methoxy groups -OCH3 is 2. The third-order valence-corrected chi connectivity index (χ3v) is 14.7. The molecule has 72 heavy (non-hydrogen) atoms. The van der Waals surface area contributed by atoms with E-state index in [1.165, 1.54) is 32.4 Å². The number of benzene rings is 1. The van der Waals surface area contributed by atoms with Crippen LogP contribution in [0.4, 0.5) is 4.39 Å². The summed E-state index contributed by atoms with van der Waals surface area (Å²) in [6, 6.07) is 5.12. The molecule has 0 aromatic heterocycles. The first kappa shape index (κ1) is 59.8.